The zero-order valence-electron chi connectivity index (χ0n) is 16.8. The minimum atomic E-state index is -1.05. The van der Waals surface area contributed by atoms with Crippen molar-refractivity contribution in [3.05, 3.63) is 40.2 Å². The first-order valence-corrected chi connectivity index (χ1v) is 9.35. The second-order valence-electron chi connectivity index (χ2n) is 8.08. The zero-order valence-corrected chi connectivity index (χ0v) is 16.8. The van der Waals surface area contributed by atoms with E-state index in [1.807, 2.05) is 0 Å². The topological polar surface area (TPSA) is 105 Å². The van der Waals surface area contributed by atoms with E-state index >= 15 is 0 Å². The molecule has 4 rings (SSSR count). The summed E-state index contributed by atoms with van der Waals surface area (Å²) in [5.41, 5.74) is -2.07. The molecule has 8 heteroatoms. The van der Waals surface area contributed by atoms with Crippen LogP contribution in [0.15, 0.2) is 33.5 Å². The summed E-state index contributed by atoms with van der Waals surface area (Å²) in [7, 11) is 0. The number of epoxide rings is 1. The van der Waals surface area contributed by atoms with Gasteiger partial charge < -0.3 is 23.4 Å². The highest BCUT2D eigenvalue weighted by atomic mass is 16.7. The van der Waals surface area contributed by atoms with E-state index in [0.717, 1.165) is 0 Å². The Hall–Kier alpha value is -2.87. The van der Waals surface area contributed by atoms with Crippen molar-refractivity contribution in [2.45, 2.75) is 64.1 Å². The SMILES string of the molecule is CC(=O)O[C@@H]1c2c(ccc3ccc(=O)oc23)OC(C)(C)[C@@H]1OC(=O)[C@@]1(C)O[C@@H]1C. The average molecular weight is 402 g/mol. The second kappa shape index (κ2) is 6.32. The van der Waals surface area contributed by atoms with Gasteiger partial charge >= 0.3 is 17.6 Å². The van der Waals surface area contributed by atoms with Gasteiger partial charge in [0.15, 0.2) is 17.8 Å². The van der Waals surface area contributed by atoms with Crippen molar-refractivity contribution in [2.24, 2.45) is 0 Å². The standard InChI is InChI=1S/C21H22O8/c1-10-21(5,28-10)19(24)27-18-17(25-11(2)22)15-13(29-20(18,3)4)8-6-12-7-9-14(23)26-16(12)15/h6-10,17-18H,1-5H3/t10-,17-,18-,21+/m1/s1. The molecule has 0 N–H and O–H groups in total. The lowest BCUT2D eigenvalue weighted by Gasteiger charge is -2.43. The van der Waals surface area contributed by atoms with E-state index in [9.17, 15) is 14.4 Å². The van der Waals surface area contributed by atoms with Crippen molar-refractivity contribution in [2.75, 3.05) is 0 Å². The van der Waals surface area contributed by atoms with E-state index in [1.54, 1.807) is 45.9 Å². The van der Waals surface area contributed by atoms with Gasteiger partial charge in [0.1, 0.15) is 16.9 Å². The fraction of sp³-hybridized carbons (Fsp3) is 0.476. The van der Waals surface area contributed by atoms with Gasteiger partial charge in [0, 0.05) is 18.4 Å². The normalized spacial score (nSPS) is 29.5. The minimum Gasteiger partial charge on any atom is -0.483 e. The van der Waals surface area contributed by atoms with Gasteiger partial charge in [0.25, 0.3) is 0 Å². The average Bonchev–Trinajstić information content (AvgIpc) is 3.24. The zero-order chi connectivity index (χ0) is 21.1. The van der Waals surface area contributed by atoms with E-state index in [4.69, 9.17) is 23.4 Å². The number of benzene rings is 1. The van der Waals surface area contributed by atoms with Crippen LogP contribution in [0.5, 0.6) is 5.75 Å². The van der Waals surface area contributed by atoms with Crippen LogP contribution in [0.3, 0.4) is 0 Å². The fourth-order valence-corrected chi connectivity index (χ4v) is 3.63. The molecule has 1 fully saturated rings. The number of ether oxygens (including phenoxy) is 4. The molecule has 0 aliphatic carbocycles. The predicted octanol–water partition coefficient (Wildman–Crippen LogP) is 2.66. The molecule has 0 bridgehead atoms. The Morgan fingerprint density at radius 2 is 1.72 bits per heavy atom. The molecule has 2 aliphatic rings. The molecule has 1 aromatic heterocycles. The molecule has 0 amide bonds. The van der Waals surface area contributed by atoms with Crippen LogP contribution in [0.2, 0.25) is 0 Å². The van der Waals surface area contributed by atoms with Gasteiger partial charge in [-0.3, -0.25) is 4.79 Å². The third-order valence-corrected chi connectivity index (χ3v) is 5.48. The van der Waals surface area contributed by atoms with Crippen LogP contribution in [-0.4, -0.2) is 35.3 Å². The highest BCUT2D eigenvalue weighted by molar-refractivity contribution is 5.85. The molecule has 0 spiro atoms. The van der Waals surface area contributed by atoms with Crippen LogP contribution in [0, 0.1) is 0 Å². The molecule has 2 aromatic rings. The van der Waals surface area contributed by atoms with Crippen LogP contribution in [0.25, 0.3) is 11.0 Å². The van der Waals surface area contributed by atoms with Crippen LogP contribution in [-0.2, 0) is 23.8 Å². The van der Waals surface area contributed by atoms with Crippen LogP contribution in [0.1, 0.15) is 46.3 Å². The predicted molar refractivity (Wildman–Crippen MR) is 101 cm³/mol. The van der Waals surface area contributed by atoms with E-state index in [1.165, 1.54) is 13.0 Å². The Kier molecular flexibility index (Phi) is 4.24. The van der Waals surface area contributed by atoms with Gasteiger partial charge in [-0.25, -0.2) is 9.59 Å². The molecule has 3 heterocycles. The van der Waals surface area contributed by atoms with Crippen molar-refractivity contribution in [1.82, 2.24) is 0 Å². The van der Waals surface area contributed by atoms with Gasteiger partial charge in [-0.1, -0.05) is 0 Å². The second-order valence-corrected chi connectivity index (χ2v) is 8.08. The van der Waals surface area contributed by atoms with Crippen LogP contribution >= 0.6 is 0 Å². The molecule has 0 radical (unpaired) electrons. The van der Waals surface area contributed by atoms with E-state index in [0.29, 0.717) is 16.7 Å². The number of fused-ring (bicyclic) bond motifs is 3. The molecule has 154 valence electrons. The third kappa shape index (κ3) is 3.17. The Morgan fingerprint density at radius 1 is 1.07 bits per heavy atom. The molecular weight excluding hydrogens is 380 g/mol. The molecule has 1 aromatic carbocycles. The van der Waals surface area contributed by atoms with E-state index in [-0.39, 0.29) is 11.7 Å². The smallest absolute Gasteiger partial charge is 0.341 e. The molecule has 1 saturated heterocycles. The van der Waals surface area contributed by atoms with Gasteiger partial charge in [-0.2, -0.15) is 0 Å². The summed E-state index contributed by atoms with van der Waals surface area (Å²) in [5.74, 6) is -0.760. The molecule has 0 saturated carbocycles. The summed E-state index contributed by atoms with van der Waals surface area (Å²) in [4.78, 5) is 36.5. The Morgan fingerprint density at radius 3 is 2.34 bits per heavy atom. The van der Waals surface area contributed by atoms with Crippen molar-refractivity contribution in [3.63, 3.8) is 0 Å². The Labute approximate surface area is 166 Å². The lowest BCUT2D eigenvalue weighted by Crippen LogP contribution is -2.53. The number of hydrogen-bond donors (Lipinski definition) is 0. The molecular formula is C21H22O8. The third-order valence-electron chi connectivity index (χ3n) is 5.48. The summed E-state index contributed by atoms with van der Waals surface area (Å²) in [6, 6.07) is 6.35. The monoisotopic (exact) mass is 402 g/mol. The Bertz CT molecular complexity index is 1070. The lowest BCUT2D eigenvalue weighted by atomic mass is 9.87. The molecule has 0 unspecified atom stereocenters. The maximum Gasteiger partial charge on any atom is 0.341 e. The number of esters is 2. The quantitative estimate of drug-likeness (QED) is 0.438. The highest BCUT2D eigenvalue weighted by Crippen LogP contribution is 2.47. The van der Waals surface area contributed by atoms with Crippen molar-refractivity contribution < 1.29 is 33.0 Å². The first-order valence-electron chi connectivity index (χ1n) is 9.35. The maximum atomic E-state index is 12.7. The number of rotatable bonds is 3. The lowest BCUT2D eigenvalue weighted by molar-refractivity contribution is -0.192. The minimum absolute atomic E-state index is 0.222. The fourth-order valence-electron chi connectivity index (χ4n) is 3.63. The number of carbonyl (C=O) groups excluding carboxylic acids is 2. The Balaban J connectivity index is 1.85. The molecule has 29 heavy (non-hydrogen) atoms. The van der Waals surface area contributed by atoms with E-state index in [2.05, 4.69) is 0 Å². The van der Waals surface area contributed by atoms with Crippen molar-refractivity contribution >= 4 is 22.9 Å². The maximum absolute atomic E-state index is 12.7. The van der Waals surface area contributed by atoms with Gasteiger partial charge in [0.2, 0.25) is 0 Å². The van der Waals surface area contributed by atoms with E-state index < -0.39 is 41.0 Å². The summed E-state index contributed by atoms with van der Waals surface area (Å²) in [6.07, 6.45) is -2.29. The van der Waals surface area contributed by atoms with Crippen molar-refractivity contribution in [3.8, 4) is 5.75 Å². The summed E-state index contributed by atoms with van der Waals surface area (Å²) in [6.45, 7) is 8.13. The van der Waals surface area contributed by atoms with Gasteiger partial charge in [-0.05, 0) is 45.9 Å². The summed E-state index contributed by atoms with van der Waals surface area (Å²) in [5, 5.41) is 0.625. The largest absolute Gasteiger partial charge is 0.483 e. The molecule has 8 nitrogen and oxygen atoms in total. The first-order chi connectivity index (χ1) is 13.5. The molecule has 2 aliphatic heterocycles. The van der Waals surface area contributed by atoms with Crippen LogP contribution < -0.4 is 10.4 Å². The first kappa shape index (κ1) is 19.4. The number of hydrogen-bond acceptors (Lipinski definition) is 8. The summed E-state index contributed by atoms with van der Waals surface area (Å²) < 4.78 is 28.2. The highest BCUT2D eigenvalue weighted by Gasteiger charge is 2.60. The van der Waals surface area contributed by atoms with Gasteiger partial charge in [-0.15, -0.1) is 0 Å². The van der Waals surface area contributed by atoms with Crippen LogP contribution in [0.4, 0.5) is 0 Å². The number of carbonyl (C=O) groups is 2. The summed E-state index contributed by atoms with van der Waals surface area (Å²) >= 11 is 0. The molecule has 4 atom stereocenters. The van der Waals surface area contributed by atoms with Gasteiger partial charge in [0.05, 0.1) is 11.7 Å². The van der Waals surface area contributed by atoms with Crippen molar-refractivity contribution in [1.29, 1.82) is 0 Å².